The van der Waals surface area contributed by atoms with Crippen molar-refractivity contribution in [3.63, 3.8) is 0 Å². The van der Waals surface area contributed by atoms with E-state index in [9.17, 15) is 4.79 Å². The van der Waals surface area contributed by atoms with Gasteiger partial charge in [0.05, 0.1) is 10.3 Å². The van der Waals surface area contributed by atoms with Crippen LogP contribution in [0.2, 0.25) is 0 Å². The zero-order chi connectivity index (χ0) is 21.7. The molecule has 164 valence electrons. The molecule has 1 aliphatic rings. The second kappa shape index (κ2) is 9.75. The van der Waals surface area contributed by atoms with Crippen LogP contribution in [0.4, 0.5) is 5.82 Å². The zero-order valence-electron chi connectivity index (χ0n) is 18.2. The summed E-state index contributed by atoms with van der Waals surface area (Å²) in [4.78, 5) is 23.2. The van der Waals surface area contributed by atoms with E-state index in [0.29, 0.717) is 6.54 Å². The molecule has 0 bridgehead atoms. The molecule has 2 aromatic heterocycles. The number of aryl methyl sites for hydroxylation is 1. The minimum absolute atomic E-state index is 0.00106. The SMILES string of the molecule is CCCCNC(=O)c1sc2ncnc(NCC3(c4ccccc4)CCOCC3)c2c1C. The van der Waals surface area contributed by atoms with Crippen LogP contribution in [0.3, 0.4) is 0 Å². The van der Waals surface area contributed by atoms with Crippen LogP contribution in [-0.2, 0) is 10.2 Å². The van der Waals surface area contributed by atoms with Crippen molar-refractivity contribution in [2.24, 2.45) is 0 Å². The Kier molecular flexibility index (Phi) is 6.83. The average Bonchev–Trinajstić information content (AvgIpc) is 3.16. The van der Waals surface area contributed by atoms with E-state index in [-0.39, 0.29) is 11.3 Å². The molecular formula is C24H30N4O2S. The maximum absolute atomic E-state index is 12.7. The van der Waals surface area contributed by atoms with Crippen molar-refractivity contribution in [1.82, 2.24) is 15.3 Å². The van der Waals surface area contributed by atoms with Crippen LogP contribution in [-0.4, -0.2) is 42.2 Å². The van der Waals surface area contributed by atoms with Gasteiger partial charge in [0.25, 0.3) is 5.91 Å². The van der Waals surface area contributed by atoms with E-state index in [1.54, 1.807) is 6.33 Å². The van der Waals surface area contributed by atoms with Crippen LogP contribution < -0.4 is 10.6 Å². The van der Waals surface area contributed by atoms with Gasteiger partial charge in [0.2, 0.25) is 0 Å². The monoisotopic (exact) mass is 438 g/mol. The number of carbonyl (C=O) groups excluding carboxylic acids is 1. The highest BCUT2D eigenvalue weighted by molar-refractivity contribution is 7.20. The first kappa shape index (κ1) is 21.7. The van der Waals surface area contributed by atoms with E-state index < -0.39 is 0 Å². The van der Waals surface area contributed by atoms with Gasteiger partial charge in [-0.2, -0.15) is 0 Å². The first-order chi connectivity index (χ1) is 15.1. The molecule has 7 heteroatoms. The number of nitrogens with zero attached hydrogens (tertiary/aromatic N) is 2. The number of nitrogens with one attached hydrogen (secondary N) is 2. The maximum atomic E-state index is 12.7. The Bertz CT molecular complexity index is 1030. The second-order valence-electron chi connectivity index (χ2n) is 8.18. The predicted molar refractivity (Wildman–Crippen MR) is 126 cm³/mol. The molecule has 31 heavy (non-hydrogen) atoms. The summed E-state index contributed by atoms with van der Waals surface area (Å²) in [5.41, 5.74) is 2.27. The first-order valence-electron chi connectivity index (χ1n) is 11.0. The van der Waals surface area contributed by atoms with Crippen molar-refractivity contribution >= 4 is 33.3 Å². The fraction of sp³-hybridized carbons (Fsp3) is 0.458. The van der Waals surface area contributed by atoms with E-state index in [1.807, 2.05) is 6.92 Å². The molecule has 4 rings (SSSR count). The van der Waals surface area contributed by atoms with Crippen LogP contribution in [0, 0.1) is 6.92 Å². The lowest BCUT2D eigenvalue weighted by Crippen LogP contribution is -2.40. The van der Waals surface area contributed by atoms with Gasteiger partial charge >= 0.3 is 0 Å². The van der Waals surface area contributed by atoms with Gasteiger partial charge in [-0.05, 0) is 37.3 Å². The van der Waals surface area contributed by atoms with Crippen molar-refractivity contribution in [3.8, 4) is 0 Å². The summed E-state index contributed by atoms with van der Waals surface area (Å²) in [6.45, 7) is 7.08. The molecular weight excluding hydrogens is 408 g/mol. The van der Waals surface area contributed by atoms with Gasteiger partial charge in [-0.25, -0.2) is 9.97 Å². The third-order valence-corrected chi connectivity index (χ3v) is 7.38. The topological polar surface area (TPSA) is 76.1 Å². The zero-order valence-corrected chi connectivity index (χ0v) is 19.1. The lowest BCUT2D eigenvalue weighted by molar-refractivity contribution is 0.0544. The highest BCUT2D eigenvalue weighted by atomic mass is 32.1. The number of hydrogen-bond acceptors (Lipinski definition) is 6. The van der Waals surface area contributed by atoms with E-state index in [0.717, 1.165) is 71.9 Å². The maximum Gasteiger partial charge on any atom is 0.261 e. The quantitative estimate of drug-likeness (QED) is 0.499. The van der Waals surface area contributed by atoms with Crippen LogP contribution in [0.25, 0.3) is 10.2 Å². The number of benzene rings is 1. The second-order valence-corrected chi connectivity index (χ2v) is 9.18. The fourth-order valence-corrected chi connectivity index (χ4v) is 5.32. The number of thiophene rings is 1. The Morgan fingerprint density at radius 1 is 1.19 bits per heavy atom. The highest BCUT2D eigenvalue weighted by Gasteiger charge is 2.34. The number of carbonyl (C=O) groups is 1. The molecule has 1 aromatic carbocycles. The third-order valence-electron chi connectivity index (χ3n) is 6.18. The van der Waals surface area contributed by atoms with Gasteiger partial charge in [0.15, 0.2) is 0 Å². The molecule has 1 aliphatic heterocycles. The van der Waals surface area contributed by atoms with Gasteiger partial charge in [-0.3, -0.25) is 4.79 Å². The fourth-order valence-electron chi connectivity index (χ4n) is 4.26. The summed E-state index contributed by atoms with van der Waals surface area (Å²) in [6, 6.07) is 10.7. The number of anilines is 1. The van der Waals surface area contributed by atoms with Crippen LogP contribution >= 0.6 is 11.3 Å². The lowest BCUT2D eigenvalue weighted by Gasteiger charge is -2.38. The standard InChI is InChI=1S/C24H30N4O2S/c1-3-4-12-25-22(29)20-17(2)19-21(27-16-28-23(19)31-20)26-15-24(10-13-30-14-11-24)18-8-6-5-7-9-18/h5-9,16H,3-4,10-15H2,1-2H3,(H,25,29)(H,26,27,28). The van der Waals surface area contributed by atoms with E-state index >= 15 is 0 Å². The molecule has 2 N–H and O–H groups in total. The van der Waals surface area contributed by atoms with Crippen molar-refractivity contribution in [2.45, 2.75) is 44.9 Å². The number of ether oxygens (including phenoxy) is 1. The number of aromatic nitrogens is 2. The lowest BCUT2D eigenvalue weighted by atomic mass is 9.74. The molecule has 1 saturated heterocycles. The molecule has 0 spiro atoms. The number of rotatable bonds is 8. The summed E-state index contributed by atoms with van der Waals surface area (Å²) >= 11 is 1.44. The van der Waals surface area contributed by atoms with Crippen molar-refractivity contribution in [2.75, 3.05) is 31.6 Å². The van der Waals surface area contributed by atoms with Gasteiger partial charge in [-0.15, -0.1) is 11.3 Å². The number of fused-ring (bicyclic) bond motifs is 1. The Morgan fingerprint density at radius 2 is 1.97 bits per heavy atom. The van der Waals surface area contributed by atoms with Crippen LogP contribution in [0.1, 0.15) is 53.4 Å². The Morgan fingerprint density at radius 3 is 2.71 bits per heavy atom. The van der Waals surface area contributed by atoms with Crippen molar-refractivity contribution in [1.29, 1.82) is 0 Å². The Labute approximate surface area is 187 Å². The van der Waals surface area contributed by atoms with Gasteiger partial charge in [0, 0.05) is 31.7 Å². The van der Waals surface area contributed by atoms with E-state index in [1.165, 1.54) is 16.9 Å². The molecule has 3 aromatic rings. The molecule has 6 nitrogen and oxygen atoms in total. The van der Waals surface area contributed by atoms with Crippen LogP contribution in [0.5, 0.6) is 0 Å². The van der Waals surface area contributed by atoms with E-state index in [2.05, 4.69) is 57.9 Å². The summed E-state index contributed by atoms with van der Waals surface area (Å²) in [5, 5.41) is 7.58. The van der Waals surface area contributed by atoms with Crippen molar-refractivity contribution in [3.05, 3.63) is 52.7 Å². The molecule has 1 fully saturated rings. The highest BCUT2D eigenvalue weighted by Crippen LogP contribution is 2.37. The molecule has 0 unspecified atom stereocenters. The van der Waals surface area contributed by atoms with Gasteiger partial charge in [0.1, 0.15) is 17.0 Å². The van der Waals surface area contributed by atoms with Gasteiger partial charge < -0.3 is 15.4 Å². The summed E-state index contributed by atoms with van der Waals surface area (Å²) in [5.74, 6) is 0.776. The minimum Gasteiger partial charge on any atom is -0.381 e. The van der Waals surface area contributed by atoms with Crippen molar-refractivity contribution < 1.29 is 9.53 Å². The molecule has 0 aliphatic carbocycles. The largest absolute Gasteiger partial charge is 0.381 e. The summed E-state index contributed by atoms with van der Waals surface area (Å²) < 4.78 is 5.66. The summed E-state index contributed by atoms with van der Waals surface area (Å²) in [7, 11) is 0. The summed E-state index contributed by atoms with van der Waals surface area (Å²) in [6.07, 6.45) is 5.55. The molecule has 1 amide bonds. The molecule has 0 saturated carbocycles. The molecule has 3 heterocycles. The molecule has 0 radical (unpaired) electrons. The average molecular weight is 439 g/mol. The Balaban J connectivity index is 1.60. The number of hydrogen-bond donors (Lipinski definition) is 2. The van der Waals surface area contributed by atoms with E-state index in [4.69, 9.17) is 4.74 Å². The third kappa shape index (κ3) is 4.57. The molecule has 0 atom stereocenters. The number of unbranched alkanes of at least 4 members (excludes halogenated alkanes) is 1. The first-order valence-corrected chi connectivity index (χ1v) is 11.9. The predicted octanol–water partition coefficient (Wildman–Crippen LogP) is 4.69. The number of amides is 1. The van der Waals surface area contributed by atoms with Crippen LogP contribution in [0.15, 0.2) is 36.7 Å². The normalized spacial score (nSPS) is 15.7. The van der Waals surface area contributed by atoms with Gasteiger partial charge in [-0.1, -0.05) is 43.7 Å². The Hall–Kier alpha value is -2.51. The minimum atomic E-state index is -0.0231. The smallest absolute Gasteiger partial charge is 0.261 e.